The third-order valence-corrected chi connectivity index (χ3v) is 4.28. The molecule has 1 aromatic rings. The summed E-state index contributed by atoms with van der Waals surface area (Å²) in [4.78, 5) is 37.6. The van der Waals surface area contributed by atoms with Crippen molar-refractivity contribution in [2.24, 2.45) is 0 Å². The molecule has 0 radical (unpaired) electrons. The van der Waals surface area contributed by atoms with Gasteiger partial charge in [0.15, 0.2) is 0 Å². The predicted molar refractivity (Wildman–Crippen MR) is 98.4 cm³/mol. The van der Waals surface area contributed by atoms with E-state index in [2.05, 4.69) is 0 Å². The van der Waals surface area contributed by atoms with Crippen LogP contribution in [0, 0.1) is 6.92 Å². The number of nitrogens with zero attached hydrogens (tertiary/aromatic N) is 1. The Hall–Kier alpha value is -2.57. The first-order valence-electron chi connectivity index (χ1n) is 8.87. The van der Waals surface area contributed by atoms with Crippen molar-refractivity contribution in [2.75, 3.05) is 13.7 Å². The van der Waals surface area contributed by atoms with E-state index < -0.39 is 29.7 Å². The summed E-state index contributed by atoms with van der Waals surface area (Å²) in [7, 11) is 1.32. The zero-order chi connectivity index (χ0) is 20.4. The number of hydrogen-bond acceptors (Lipinski definition) is 6. The number of likely N-dealkylation sites (tertiary alicyclic amines) is 1. The second-order valence-electron chi connectivity index (χ2n) is 7.68. The van der Waals surface area contributed by atoms with E-state index in [1.54, 1.807) is 37.8 Å². The molecule has 1 aliphatic rings. The van der Waals surface area contributed by atoms with Crippen LogP contribution >= 0.6 is 0 Å². The van der Waals surface area contributed by atoms with Crippen molar-refractivity contribution < 1.29 is 28.6 Å². The summed E-state index contributed by atoms with van der Waals surface area (Å²) in [6.45, 7) is 8.87. The molecule has 2 atom stereocenters. The van der Waals surface area contributed by atoms with Crippen LogP contribution in [0.15, 0.2) is 18.2 Å². The highest BCUT2D eigenvalue weighted by Gasteiger charge is 2.40. The Balaban J connectivity index is 2.39. The highest BCUT2D eigenvalue weighted by atomic mass is 16.6. The van der Waals surface area contributed by atoms with E-state index >= 15 is 0 Å². The van der Waals surface area contributed by atoms with E-state index in [4.69, 9.17) is 14.2 Å². The van der Waals surface area contributed by atoms with Gasteiger partial charge in [-0.1, -0.05) is 6.07 Å². The van der Waals surface area contributed by atoms with Gasteiger partial charge in [-0.3, -0.25) is 9.69 Å². The number of hydrogen-bond donors (Lipinski definition) is 0. The number of aryl methyl sites for hydroxylation is 1. The highest BCUT2D eigenvalue weighted by Crippen LogP contribution is 2.36. The number of carbonyl (C=O) groups is 3. The van der Waals surface area contributed by atoms with Gasteiger partial charge in [-0.2, -0.15) is 0 Å². The first-order valence-corrected chi connectivity index (χ1v) is 8.87. The summed E-state index contributed by atoms with van der Waals surface area (Å²) in [5, 5.41) is 0. The first-order chi connectivity index (χ1) is 12.5. The molecule has 7 nitrogen and oxygen atoms in total. The summed E-state index contributed by atoms with van der Waals surface area (Å²) in [6.07, 6.45) is -0.476. The normalized spacial score (nSPS) is 19.6. The van der Waals surface area contributed by atoms with Crippen LogP contribution in [-0.2, 0) is 19.0 Å². The molecule has 1 amide bonds. The van der Waals surface area contributed by atoms with Crippen LogP contribution in [0.5, 0.6) is 0 Å². The molecule has 0 aromatic heterocycles. The summed E-state index contributed by atoms with van der Waals surface area (Å²) in [6, 6.07) is 4.85. The molecule has 2 unspecified atom stereocenters. The molecule has 7 heteroatoms. The topological polar surface area (TPSA) is 82.1 Å². The van der Waals surface area contributed by atoms with Crippen molar-refractivity contribution >= 4 is 18.0 Å². The van der Waals surface area contributed by atoms with E-state index in [1.165, 1.54) is 14.0 Å². The largest absolute Gasteiger partial charge is 0.465 e. The number of rotatable bonds is 3. The van der Waals surface area contributed by atoms with Crippen LogP contribution in [0.2, 0.25) is 0 Å². The maximum absolute atomic E-state index is 12.7. The fraction of sp³-hybridized carbons (Fsp3) is 0.550. The SMILES string of the molecule is COC(=O)c1ccc(C)c(C2CC(OC(C)=O)CN2C(=O)OC(C)(C)C)c1. The number of amides is 1. The van der Waals surface area contributed by atoms with Gasteiger partial charge in [0.25, 0.3) is 0 Å². The van der Waals surface area contributed by atoms with Gasteiger partial charge in [0.2, 0.25) is 0 Å². The van der Waals surface area contributed by atoms with Gasteiger partial charge in [0.05, 0.1) is 25.3 Å². The zero-order valence-electron chi connectivity index (χ0n) is 16.7. The van der Waals surface area contributed by atoms with Gasteiger partial charge in [0, 0.05) is 13.3 Å². The Kier molecular flexibility index (Phi) is 6.13. The van der Waals surface area contributed by atoms with E-state index in [0.717, 1.165) is 11.1 Å². The molecule has 0 bridgehead atoms. The Labute approximate surface area is 159 Å². The molecule has 2 rings (SSSR count). The minimum atomic E-state index is -0.649. The lowest BCUT2D eigenvalue weighted by molar-refractivity contribution is -0.145. The van der Waals surface area contributed by atoms with E-state index in [0.29, 0.717) is 12.0 Å². The maximum atomic E-state index is 12.7. The molecule has 1 fully saturated rings. The quantitative estimate of drug-likeness (QED) is 0.593. The molecule has 1 heterocycles. The third-order valence-electron chi connectivity index (χ3n) is 4.28. The number of methoxy groups -OCH3 is 1. The van der Waals surface area contributed by atoms with Gasteiger partial charge in [0.1, 0.15) is 11.7 Å². The van der Waals surface area contributed by atoms with Gasteiger partial charge >= 0.3 is 18.0 Å². The smallest absolute Gasteiger partial charge is 0.410 e. The Morgan fingerprint density at radius 2 is 1.85 bits per heavy atom. The van der Waals surface area contributed by atoms with Crippen molar-refractivity contribution in [3.05, 3.63) is 34.9 Å². The average molecular weight is 377 g/mol. The van der Waals surface area contributed by atoms with Gasteiger partial charge in [-0.15, -0.1) is 0 Å². The predicted octanol–water partition coefficient (Wildman–Crippen LogP) is 3.40. The molecule has 0 N–H and O–H groups in total. The fourth-order valence-electron chi connectivity index (χ4n) is 3.18. The first kappa shape index (κ1) is 20.7. The Bertz CT molecular complexity index is 736. The molecular weight excluding hydrogens is 350 g/mol. The summed E-state index contributed by atoms with van der Waals surface area (Å²) in [5.41, 5.74) is 1.48. The Morgan fingerprint density at radius 1 is 1.19 bits per heavy atom. The van der Waals surface area contributed by atoms with Crippen LogP contribution in [-0.4, -0.2) is 48.3 Å². The second kappa shape index (κ2) is 7.98. The molecule has 1 saturated heterocycles. The molecule has 0 saturated carbocycles. The van der Waals surface area contributed by atoms with E-state index in [1.807, 2.05) is 13.0 Å². The molecule has 27 heavy (non-hydrogen) atoms. The highest BCUT2D eigenvalue weighted by molar-refractivity contribution is 5.89. The molecule has 148 valence electrons. The van der Waals surface area contributed by atoms with E-state index in [9.17, 15) is 14.4 Å². The van der Waals surface area contributed by atoms with Crippen molar-refractivity contribution in [1.29, 1.82) is 0 Å². The molecular formula is C20H27NO6. The Morgan fingerprint density at radius 3 is 2.41 bits per heavy atom. The third kappa shape index (κ3) is 5.21. The van der Waals surface area contributed by atoms with Crippen LogP contribution in [0.4, 0.5) is 4.79 Å². The van der Waals surface area contributed by atoms with Crippen molar-refractivity contribution in [2.45, 2.75) is 58.8 Å². The zero-order valence-corrected chi connectivity index (χ0v) is 16.7. The lowest BCUT2D eigenvalue weighted by atomic mass is 9.96. The van der Waals surface area contributed by atoms with Crippen molar-refractivity contribution in [3.8, 4) is 0 Å². The van der Waals surface area contributed by atoms with Crippen LogP contribution < -0.4 is 0 Å². The lowest BCUT2D eigenvalue weighted by Crippen LogP contribution is -2.37. The van der Waals surface area contributed by atoms with Crippen molar-refractivity contribution in [3.63, 3.8) is 0 Å². The molecule has 1 aromatic carbocycles. The van der Waals surface area contributed by atoms with Crippen LogP contribution in [0.25, 0.3) is 0 Å². The molecule has 0 spiro atoms. The average Bonchev–Trinajstić information content (AvgIpc) is 2.96. The van der Waals surface area contributed by atoms with E-state index in [-0.39, 0.29) is 12.6 Å². The molecule has 0 aliphatic carbocycles. The summed E-state index contributed by atoms with van der Waals surface area (Å²) in [5.74, 6) is -0.848. The second-order valence-corrected chi connectivity index (χ2v) is 7.68. The standard InChI is InChI=1S/C20H27NO6/c1-12-7-8-14(18(23)25-6)9-16(12)17-10-15(26-13(2)22)11-21(17)19(24)27-20(3,4)5/h7-9,15,17H,10-11H2,1-6H3. The van der Waals surface area contributed by atoms with Crippen LogP contribution in [0.1, 0.15) is 61.6 Å². The van der Waals surface area contributed by atoms with Gasteiger partial charge in [-0.25, -0.2) is 9.59 Å². The number of benzene rings is 1. The minimum Gasteiger partial charge on any atom is -0.465 e. The fourth-order valence-corrected chi connectivity index (χ4v) is 3.18. The monoisotopic (exact) mass is 377 g/mol. The maximum Gasteiger partial charge on any atom is 0.410 e. The number of esters is 2. The summed E-state index contributed by atoms with van der Waals surface area (Å²) >= 11 is 0. The van der Waals surface area contributed by atoms with Crippen molar-refractivity contribution in [1.82, 2.24) is 4.90 Å². The minimum absolute atomic E-state index is 0.237. The summed E-state index contributed by atoms with van der Waals surface area (Å²) < 4.78 is 15.6. The van der Waals surface area contributed by atoms with Crippen LogP contribution in [0.3, 0.4) is 0 Å². The molecule has 1 aliphatic heterocycles. The number of carbonyl (C=O) groups excluding carboxylic acids is 3. The van der Waals surface area contributed by atoms with Gasteiger partial charge < -0.3 is 14.2 Å². The number of ether oxygens (including phenoxy) is 3. The van der Waals surface area contributed by atoms with Gasteiger partial charge in [-0.05, 0) is 51.0 Å². The lowest BCUT2D eigenvalue weighted by Gasteiger charge is -2.29.